The van der Waals surface area contributed by atoms with Crippen molar-refractivity contribution >= 4 is 10.0 Å². The Morgan fingerprint density at radius 2 is 1.78 bits per heavy atom. The average molecular weight is 338 g/mol. The van der Waals surface area contributed by atoms with Crippen molar-refractivity contribution in [2.24, 2.45) is 0 Å². The molecule has 0 radical (unpaired) electrons. The summed E-state index contributed by atoms with van der Waals surface area (Å²) in [4.78, 5) is 0.435. The molecule has 0 aromatic heterocycles. The fourth-order valence-electron chi connectivity index (χ4n) is 3.39. The van der Waals surface area contributed by atoms with Gasteiger partial charge in [-0.25, -0.2) is 8.42 Å². The zero-order valence-electron chi connectivity index (χ0n) is 13.5. The van der Waals surface area contributed by atoms with Gasteiger partial charge in [-0.15, -0.1) is 0 Å². The van der Waals surface area contributed by atoms with Gasteiger partial charge in [-0.1, -0.05) is 37.5 Å². The molecule has 1 aromatic rings. The maximum Gasteiger partial charge on any atom is 0.243 e. The smallest absolute Gasteiger partial charge is 0.243 e. The van der Waals surface area contributed by atoms with E-state index in [-0.39, 0.29) is 0 Å². The molecule has 0 amide bonds. The van der Waals surface area contributed by atoms with Crippen molar-refractivity contribution in [3.63, 3.8) is 0 Å². The van der Waals surface area contributed by atoms with E-state index in [1.54, 1.807) is 12.1 Å². The molecule has 23 heavy (non-hydrogen) atoms. The minimum Gasteiger partial charge on any atom is -0.379 e. The predicted molar refractivity (Wildman–Crippen MR) is 89.7 cm³/mol. The molecule has 2 fully saturated rings. The third kappa shape index (κ3) is 4.12. The Balaban J connectivity index is 1.74. The van der Waals surface area contributed by atoms with Crippen molar-refractivity contribution in [1.82, 2.24) is 9.62 Å². The van der Waals surface area contributed by atoms with Gasteiger partial charge in [0.15, 0.2) is 0 Å². The fraction of sp³-hybridized carbons (Fsp3) is 0.647. The van der Waals surface area contributed by atoms with E-state index in [4.69, 9.17) is 4.74 Å². The summed E-state index contributed by atoms with van der Waals surface area (Å²) in [6.07, 6.45) is 6.24. The van der Waals surface area contributed by atoms with E-state index in [1.165, 1.54) is 36.4 Å². The summed E-state index contributed by atoms with van der Waals surface area (Å²) in [6.45, 7) is 2.44. The predicted octanol–water partition coefficient (Wildman–Crippen LogP) is 2.13. The van der Waals surface area contributed by atoms with E-state index in [0.717, 1.165) is 5.56 Å². The lowest BCUT2D eigenvalue weighted by Crippen LogP contribution is -2.41. The molecule has 5 nitrogen and oxygen atoms in total. The van der Waals surface area contributed by atoms with Crippen LogP contribution in [0.2, 0.25) is 0 Å². The van der Waals surface area contributed by atoms with Crippen molar-refractivity contribution in [2.45, 2.75) is 49.6 Å². The highest BCUT2D eigenvalue weighted by molar-refractivity contribution is 7.89. The highest BCUT2D eigenvalue weighted by atomic mass is 32.2. The van der Waals surface area contributed by atoms with Crippen LogP contribution in [0.5, 0.6) is 0 Å². The van der Waals surface area contributed by atoms with Gasteiger partial charge in [-0.3, -0.25) is 0 Å². The van der Waals surface area contributed by atoms with Crippen molar-refractivity contribution in [1.29, 1.82) is 0 Å². The van der Waals surface area contributed by atoms with Crippen molar-refractivity contribution < 1.29 is 13.2 Å². The molecule has 0 atom stereocenters. The van der Waals surface area contributed by atoms with Crippen LogP contribution in [0.25, 0.3) is 0 Å². The number of hydrogen-bond acceptors (Lipinski definition) is 4. The molecule has 3 rings (SSSR count). The third-order valence-corrected chi connectivity index (χ3v) is 6.75. The number of hydrogen-bond donors (Lipinski definition) is 1. The van der Waals surface area contributed by atoms with E-state index >= 15 is 0 Å². The lowest BCUT2D eigenvalue weighted by atomic mass is 9.95. The molecule has 128 valence electrons. The van der Waals surface area contributed by atoms with Gasteiger partial charge in [0.05, 0.1) is 18.1 Å². The van der Waals surface area contributed by atoms with Gasteiger partial charge in [0.1, 0.15) is 0 Å². The fourth-order valence-corrected chi connectivity index (χ4v) is 5.02. The first-order valence-electron chi connectivity index (χ1n) is 8.57. The molecule has 1 saturated carbocycles. The average Bonchev–Trinajstić information content (AvgIpc) is 2.62. The van der Waals surface area contributed by atoms with E-state index in [9.17, 15) is 8.42 Å². The normalized spacial score (nSPS) is 21.4. The topological polar surface area (TPSA) is 58.6 Å². The van der Waals surface area contributed by atoms with Crippen LogP contribution in [0, 0.1) is 0 Å². The van der Waals surface area contributed by atoms with Crippen LogP contribution in [0.1, 0.15) is 37.7 Å². The van der Waals surface area contributed by atoms with Crippen LogP contribution in [-0.4, -0.2) is 45.1 Å². The molecule has 0 unspecified atom stereocenters. The number of morpholine rings is 1. The molecule has 0 bridgehead atoms. The number of sulfonamides is 1. The minimum atomic E-state index is -3.43. The quantitative estimate of drug-likeness (QED) is 0.893. The monoisotopic (exact) mass is 338 g/mol. The van der Waals surface area contributed by atoms with Gasteiger partial charge >= 0.3 is 0 Å². The first-order valence-corrected chi connectivity index (χ1v) is 10.0. The second kappa shape index (κ2) is 7.75. The zero-order valence-corrected chi connectivity index (χ0v) is 14.4. The van der Waals surface area contributed by atoms with Crippen LogP contribution in [-0.2, 0) is 21.3 Å². The Morgan fingerprint density at radius 1 is 1.09 bits per heavy atom. The molecule has 6 heteroatoms. The van der Waals surface area contributed by atoms with Gasteiger partial charge in [-0.05, 0) is 24.5 Å². The lowest BCUT2D eigenvalue weighted by Gasteiger charge is -2.27. The molecular weight excluding hydrogens is 312 g/mol. The standard InChI is InChI=1S/C17H26N2O3S/c20-23(21,19-10-12-22-13-11-19)17-9-5-4-6-15(17)14-18-16-7-2-1-3-8-16/h4-6,9,16,18H,1-3,7-8,10-14H2. The van der Waals surface area contributed by atoms with Gasteiger partial charge in [0.25, 0.3) is 0 Å². The largest absolute Gasteiger partial charge is 0.379 e. The third-order valence-electron chi connectivity index (χ3n) is 4.75. The lowest BCUT2D eigenvalue weighted by molar-refractivity contribution is 0.0730. The van der Waals surface area contributed by atoms with E-state index in [1.807, 2.05) is 12.1 Å². The van der Waals surface area contributed by atoms with Gasteiger partial charge in [-0.2, -0.15) is 4.31 Å². The second-order valence-electron chi connectivity index (χ2n) is 6.34. The highest BCUT2D eigenvalue weighted by Crippen LogP contribution is 2.22. The van der Waals surface area contributed by atoms with Crippen LogP contribution in [0.15, 0.2) is 29.2 Å². The molecular formula is C17H26N2O3S. The van der Waals surface area contributed by atoms with Crippen LogP contribution in [0.4, 0.5) is 0 Å². The molecule has 1 aromatic carbocycles. The Hall–Kier alpha value is -0.950. The first kappa shape index (κ1) is 16.9. The molecule has 1 aliphatic carbocycles. The highest BCUT2D eigenvalue weighted by Gasteiger charge is 2.28. The number of nitrogens with zero attached hydrogens (tertiary/aromatic N) is 1. The van der Waals surface area contributed by atoms with Crippen molar-refractivity contribution in [2.75, 3.05) is 26.3 Å². The van der Waals surface area contributed by atoms with Gasteiger partial charge in [0, 0.05) is 25.7 Å². The minimum absolute atomic E-state index is 0.435. The first-order chi connectivity index (χ1) is 11.2. The summed E-state index contributed by atoms with van der Waals surface area (Å²) >= 11 is 0. The maximum atomic E-state index is 12.9. The van der Waals surface area contributed by atoms with E-state index in [0.29, 0.717) is 43.8 Å². The van der Waals surface area contributed by atoms with Crippen molar-refractivity contribution in [3.05, 3.63) is 29.8 Å². The summed E-state index contributed by atoms with van der Waals surface area (Å²) in [5.41, 5.74) is 0.865. The molecule has 2 aliphatic rings. The Morgan fingerprint density at radius 3 is 2.52 bits per heavy atom. The zero-order chi connectivity index (χ0) is 16.1. The van der Waals surface area contributed by atoms with Crippen LogP contribution < -0.4 is 5.32 Å². The summed E-state index contributed by atoms with van der Waals surface area (Å²) in [5.74, 6) is 0. The number of nitrogens with one attached hydrogen (secondary N) is 1. The molecule has 1 saturated heterocycles. The van der Waals surface area contributed by atoms with Crippen molar-refractivity contribution in [3.8, 4) is 0 Å². The second-order valence-corrected chi connectivity index (χ2v) is 8.25. The van der Waals surface area contributed by atoms with Crippen LogP contribution >= 0.6 is 0 Å². The van der Waals surface area contributed by atoms with Gasteiger partial charge < -0.3 is 10.1 Å². The summed E-state index contributed by atoms with van der Waals surface area (Å²) < 4.78 is 32.6. The number of rotatable bonds is 5. The molecule has 1 N–H and O–H groups in total. The Labute approximate surface area is 139 Å². The van der Waals surface area contributed by atoms with E-state index < -0.39 is 10.0 Å². The summed E-state index contributed by atoms with van der Waals surface area (Å²) in [5, 5.41) is 3.55. The molecule has 1 heterocycles. The summed E-state index contributed by atoms with van der Waals surface area (Å²) in [6, 6.07) is 7.88. The SMILES string of the molecule is O=S(=O)(c1ccccc1CNC1CCCCC1)N1CCOCC1. The maximum absolute atomic E-state index is 12.9. The Bertz CT molecular complexity index is 606. The van der Waals surface area contributed by atoms with Gasteiger partial charge in [0.2, 0.25) is 10.0 Å². The van der Waals surface area contributed by atoms with E-state index in [2.05, 4.69) is 5.32 Å². The summed E-state index contributed by atoms with van der Waals surface area (Å²) in [7, 11) is -3.43. The molecule has 1 aliphatic heterocycles. The number of benzene rings is 1. The Kier molecular flexibility index (Phi) is 5.69. The molecule has 0 spiro atoms. The van der Waals surface area contributed by atoms with Crippen LogP contribution in [0.3, 0.4) is 0 Å². The number of ether oxygens (including phenoxy) is 1.